The third-order valence-electron chi connectivity index (χ3n) is 2.43. The Hall–Kier alpha value is -1.85. The van der Waals surface area contributed by atoms with Crippen molar-refractivity contribution < 1.29 is 27.0 Å². The van der Waals surface area contributed by atoms with Crippen molar-refractivity contribution in [2.75, 3.05) is 0 Å². The van der Waals surface area contributed by atoms with Crippen LogP contribution in [0.15, 0.2) is 60.7 Å². The van der Waals surface area contributed by atoms with E-state index in [-0.39, 0.29) is 22.9 Å². The van der Waals surface area contributed by atoms with Crippen LogP contribution in [0, 0.1) is 11.8 Å². The Morgan fingerprint density at radius 2 is 1.47 bits per heavy atom. The van der Waals surface area contributed by atoms with Gasteiger partial charge in [0.15, 0.2) is 6.10 Å². The predicted octanol–water partition coefficient (Wildman–Crippen LogP) is 2.28. The molecule has 0 aliphatic heterocycles. The zero-order valence-electron chi connectivity index (χ0n) is 10.0. The summed E-state index contributed by atoms with van der Waals surface area (Å²) in [5, 5.41) is 9.71. The van der Waals surface area contributed by atoms with Crippen LogP contribution >= 0.6 is 0 Å². The van der Waals surface area contributed by atoms with E-state index >= 15 is 0 Å². The Bertz CT molecular complexity index is 582. The number of Topliss-reactive ketones (excluding diaryl/α,β-unsaturated/α-hetero) is 1. The first-order valence-electron chi connectivity index (χ1n) is 5.61. The monoisotopic (exact) mass is 299 g/mol. The summed E-state index contributed by atoms with van der Waals surface area (Å²) in [6.07, 6.45) is -1.28. The minimum atomic E-state index is -1.28. The summed E-state index contributed by atoms with van der Waals surface area (Å²) in [6.45, 7) is 0. The van der Waals surface area contributed by atoms with Crippen LogP contribution in [-0.2, 0) is 17.1 Å². The number of aliphatic hydroxyl groups excluding tert-OH is 1. The molecule has 2 nitrogen and oxygen atoms in total. The molecular formula is C16H12CuO2. The molecule has 1 unspecified atom stereocenters. The van der Waals surface area contributed by atoms with Gasteiger partial charge in [0, 0.05) is 28.2 Å². The molecule has 99 valence electrons. The molecule has 0 aliphatic rings. The Balaban J connectivity index is 0.00000180. The molecule has 0 heterocycles. The molecule has 2 aromatic rings. The van der Waals surface area contributed by atoms with Gasteiger partial charge in [-0.25, -0.2) is 0 Å². The molecule has 1 N–H and O–H groups in total. The molecule has 2 aromatic carbocycles. The fourth-order valence-electron chi connectivity index (χ4n) is 1.50. The molecule has 0 aromatic heterocycles. The minimum Gasteiger partial charge on any atom is -0.373 e. The van der Waals surface area contributed by atoms with Gasteiger partial charge in [-0.2, -0.15) is 0 Å². The van der Waals surface area contributed by atoms with Crippen molar-refractivity contribution in [3.8, 4) is 11.8 Å². The number of carbonyl (C=O) groups is 1. The van der Waals surface area contributed by atoms with E-state index < -0.39 is 6.10 Å². The zero-order chi connectivity index (χ0) is 12.8. The van der Waals surface area contributed by atoms with Crippen molar-refractivity contribution in [1.29, 1.82) is 0 Å². The van der Waals surface area contributed by atoms with Gasteiger partial charge in [0.05, 0.1) is 0 Å². The first-order valence-corrected chi connectivity index (χ1v) is 5.61. The van der Waals surface area contributed by atoms with Crippen molar-refractivity contribution >= 4 is 5.78 Å². The topological polar surface area (TPSA) is 37.3 Å². The van der Waals surface area contributed by atoms with E-state index in [9.17, 15) is 9.90 Å². The number of hydrogen-bond acceptors (Lipinski definition) is 2. The first-order chi connectivity index (χ1) is 8.77. The average Bonchev–Trinajstić information content (AvgIpc) is 2.46. The fraction of sp³-hybridized carbons (Fsp3) is 0.0625. The van der Waals surface area contributed by atoms with Gasteiger partial charge in [-0.3, -0.25) is 4.79 Å². The summed E-state index contributed by atoms with van der Waals surface area (Å²) >= 11 is 0. The molecule has 0 amide bonds. The van der Waals surface area contributed by atoms with Gasteiger partial charge in [-0.15, -0.1) is 0 Å². The number of hydrogen-bond donors (Lipinski definition) is 1. The van der Waals surface area contributed by atoms with Crippen LogP contribution in [0.3, 0.4) is 0 Å². The van der Waals surface area contributed by atoms with E-state index in [1.807, 2.05) is 36.4 Å². The summed E-state index contributed by atoms with van der Waals surface area (Å²) in [4.78, 5) is 11.8. The van der Waals surface area contributed by atoms with Gasteiger partial charge >= 0.3 is 0 Å². The third kappa shape index (κ3) is 4.39. The smallest absolute Gasteiger partial charge is 0.203 e. The molecule has 0 spiro atoms. The Morgan fingerprint density at radius 3 is 2.05 bits per heavy atom. The Labute approximate surface area is 122 Å². The summed E-state index contributed by atoms with van der Waals surface area (Å²) < 4.78 is 0. The largest absolute Gasteiger partial charge is 0.373 e. The maximum absolute atomic E-state index is 11.8. The molecule has 19 heavy (non-hydrogen) atoms. The quantitative estimate of drug-likeness (QED) is 0.525. The van der Waals surface area contributed by atoms with E-state index in [1.165, 1.54) is 0 Å². The number of benzene rings is 2. The van der Waals surface area contributed by atoms with E-state index in [1.54, 1.807) is 24.3 Å². The molecule has 3 heteroatoms. The molecular weight excluding hydrogens is 288 g/mol. The van der Waals surface area contributed by atoms with Crippen LogP contribution in [0.5, 0.6) is 0 Å². The van der Waals surface area contributed by atoms with Crippen LogP contribution in [0.4, 0.5) is 0 Å². The van der Waals surface area contributed by atoms with Crippen LogP contribution in [-0.4, -0.2) is 17.0 Å². The summed E-state index contributed by atoms with van der Waals surface area (Å²) in [5.41, 5.74) is 1.24. The van der Waals surface area contributed by atoms with Crippen molar-refractivity contribution in [3.05, 3.63) is 71.8 Å². The fourth-order valence-corrected chi connectivity index (χ4v) is 1.50. The van der Waals surface area contributed by atoms with E-state index in [2.05, 4.69) is 11.8 Å². The van der Waals surface area contributed by atoms with E-state index in [0.717, 1.165) is 5.56 Å². The maximum atomic E-state index is 11.8. The number of rotatable bonds is 2. The van der Waals surface area contributed by atoms with Gasteiger partial charge in [0.25, 0.3) is 0 Å². The zero-order valence-corrected chi connectivity index (χ0v) is 10.9. The predicted molar refractivity (Wildman–Crippen MR) is 70.1 cm³/mol. The average molecular weight is 300 g/mol. The van der Waals surface area contributed by atoms with E-state index in [4.69, 9.17) is 0 Å². The molecule has 0 aliphatic carbocycles. The normalized spacial score (nSPS) is 10.6. The molecule has 1 atom stereocenters. The van der Waals surface area contributed by atoms with Gasteiger partial charge < -0.3 is 5.11 Å². The van der Waals surface area contributed by atoms with Gasteiger partial charge in [0.2, 0.25) is 5.78 Å². The second kappa shape index (κ2) is 7.55. The van der Waals surface area contributed by atoms with Crippen LogP contribution < -0.4 is 0 Å². The second-order valence-corrected chi connectivity index (χ2v) is 3.77. The van der Waals surface area contributed by atoms with Gasteiger partial charge in [-0.1, -0.05) is 60.4 Å². The van der Waals surface area contributed by atoms with Crippen LogP contribution in [0.1, 0.15) is 15.9 Å². The summed E-state index contributed by atoms with van der Waals surface area (Å²) in [7, 11) is 0. The number of aliphatic hydroxyl groups is 1. The molecule has 2 rings (SSSR count). The summed E-state index contributed by atoms with van der Waals surface area (Å²) in [6, 6.07) is 17.9. The molecule has 1 radical (unpaired) electrons. The standard InChI is InChI=1S/C16H12O2.Cu/c17-15(12-11-13-7-3-1-4-8-13)16(18)14-9-5-2-6-10-14;/h1-10,15,17H;. The van der Waals surface area contributed by atoms with Crippen molar-refractivity contribution in [2.45, 2.75) is 6.10 Å². The Kier molecular flexibility index (Phi) is 6.05. The minimum absolute atomic E-state index is 0. The second-order valence-electron chi connectivity index (χ2n) is 3.77. The maximum Gasteiger partial charge on any atom is 0.203 e. The van der Waals surface area contributed by atoms with Gasteiger partial charge in [-0.05, 0) is 12.1 Å². The van der Waals surface area contributed by atoms with Crippen LogP contribution in [0.2, 0.25) is 0 Å². The van der Waals surface area contributed by atoms with Crippen LogP contribution in [0.25, 0.3) is 0 Å². The van der Waals surface area contributed by atoms with Crippen molar-refractivity contribution in [1.82, 2.24) is 0 Å². The molecule has 0 saturated heterocycles. The van der Waals surface area contributed by atoms with Gasteiger partial charge in [0.1, 0.15) is 0 Å². The Morgan fingerprint density at radius 1 is 0.947 bits per heavy atom. The number of carbonyl (C=O) groups excluding carboxylic acids is 1. The van der Waals surface area contributed by atoms with Crippen molar-refractivity contribution in [2.24, 2.45) is 0 Å². The SMILES string of the molecule is O=C(c1ccccc1)C(O)C#Cc1ccccc1.[Cu]. The molecule has 0 bridgehead atoms. The van der Waals surface area contributed by atoms with E-state index in [0.29, 0.717) is 5.56 Å². The molecule has 0 saturated carbocycles. The molecule has 0 fully saturated rings. The first kappa shape index (κ1) is 15.2. The number of ketones is 1. The third-order valence-corrected chi connectivity index (χ3v) is 2.43. The van der Waals surface area contributed by atoms with Crippen molar-refractivity contribution in [3.63, 3.8) is 0 Å². The summed E-state index contributed by atoms with van der Waals surface area (Å²) in [5.74, 6) is 4.95.